The van der Waals surface area contributed by atoms with Crippen molar-refractivity contribution in [3.8, 4) is 0 Å². The van der Waals surface area contributed by atoms with Crippen molar-refractivity contribution in [2.75, 3.05) is 6.54 Å². The normalized spacial score (nSPS) is 23.0. The number of piperidine rings is 1. The summed E-state index contributed by atoms with van der Waals surface area (Å²) in [5.74, 6) is -0.867. The Bertz CT molecular complexity index is 836. The summed E-state index contributed by atoms with van der Waals surface area (Å²) < 4.78 is 36.1. The van der Waals surface area contributed by atoms with Gasteiger partial charge in [0.1, 0.15) is 5.84 Å². The second-order valence-corrected chi connectivity index (χ2v) is 6.66. The molecule has 2 bridgehead atoms. The Morgan fingerprint density at radius 2 is 2.20 bits per heavy atom. The van der Waals surface area contributed by atoms with E-state index >= 15 is 0 Å². The Labute approximate surface area is 141 Å². The maximum atomic E-state index is 12.3. The van der Waals surface area contributed by atoms with Crippen LogP contribution in [0.5, 0.6) is 0 Å². The third-order valence-corrected chi connectivity index (χ3v) is 4.26. The van der Waals surface area contributed by atoms with Crippen LogP contribution in [0.3, 0.4) is 0 Å². The first-order valence-electron chi connectivity index (χ1n) is 7.18. The van der Waals surface area contributed by atoms with E-state index in [0.29, 0.717) is 17.9 Å². The van der Waals surface area contributed by atoms with Gasteiger partial charge in [0.2, 0.25) is 0 Å². The molecule has 0 saturated carbocycles. The van der Waals surface area contributed by atoms with Crippen molar-refractivity contribution < 1.29 is 26.8 Å². The molecule has 2 saturated heterocycles. The number of amidine groups is 1. The quantitative estimate of drug-likeness (QED) is 0.326. The fraction of sp³-hybridized carbons (Fsp3) is 0.545. The van der Waals surface area contributed by atoms with Gasteiger partial charge in [-0.1, -0.05) is 5.21 Å². The van der Waals surface area contributed by atoms with Crippen molar-refractivity contribution in [3.63, 3.8) is 0 Å². The molecule has 1 aromatic rings. The molecule has 3 rings (SSSR count). The smallest absolute Gasteiger partial charge is 0.310 e. The number of carbonyl (C=O) groups excluding carboxylic acids is 2. The summed E-state index contributed by atoms with van der Waals surface area (Å²) in [4.78, 5) is 25.5. The highest BCUT2D eigenvalue weighted by molar-refractivity contribution is 7.80. The van der Waals surface area contributed by atoms with Crippen molar-refractivity contribution in [1.29, 1.82) is 5.41 Å². The first-order valence-corrected chi connectivity index (χ1v) is 8.55. The van der Waals surface area contributed by atoms with Crippen LogP contribution >= 0.6 is 0 Å². The largest absolute Gasteiger partial charge is 0.418 e. The van der Waals surface area contributed by atoms with E-state index in [-0.39, 0.29) is 18.1 Å². The monoisotopic (exact) mass is 373 g/mol. The highest BCUT2D eigenvalue weighted by Gasteiger charge is 2.48. The topological polar surface area (TPSA) is 171 Å². The molecule has 0 aromatic carbocycles. The van der Waals surface area contributed by atoms with Crippen molar-refractivity contribution >= 4 is 28.2 Å². The summed E-state index contributed by atoms with van der Waals surface area (Å²) in [5.41, 5.74) is 0.0185. The molecule has 3 N–H and O–H groups in total. The minimum atomic E-state index is -4.83. The van der Waals surface area contributed by atoms with Crippen LogP contribution in [0.15, 0.2) is 6.20 Å². The summed E-state index contributed by atoms with van der Waals surface area (Å²) in [6, 6.07) is -2.11. The number of hydroxylamine groups is 2. The number of hydrogen-bond donors (Lipinski definition) is 3. The van der Waals surface area contributed by atoms with Crippen LogP contribution in [-0.4, -0.2) is 74.3 Å². The fourth-order valence-electron chi connectivity index (χ4n) is 2.85. The van der Waals surface area contributed by atoms with E-state index in [4.69, 9.17) is 9.96 Å². The SMILES string of the molecule is Cn1cc(C(=O)NC(=N)[C@@H]2CC[C@@H]3CN2C(=O)N3OS(=O)(=O)O)nn1. The van der Waals surface area contributed by atoms with Crippen LogP contribution in [0.2, 0.25) is 0 Å². The number of urea groups is 1. The van der Waals surface area contributed by atoms with Gasteiger partial charge in [-0.15, -0.1) is 9.38 Å². The number of rotatable bonds is 4. The molecule has 0 aliphatic carbocycles. The Morgan fingerprint density at radius 1 is 1.48 bits per heavy atom. The Balaban J connectivity index is 1.69. The lowest BCUT2D eigenvalue weighted by molar-refractivity contribution is -0.0316. The van der Waals surface area contributed by atoms with Crippen molar-refractivity contribution in [2.24, 2.45) is 7.05 Å². The molecule has 25 heavy (non-hydrogen) atoms. The molecule has 13 nitrogen and oxygen atoms in total. The molecule has 14 heteroatoms. The summed E-state index contributed by atoms with van der Waals surface area (Å²) in [7, 11) is -3.25. The van der Waals surface area contributed by atoms with Gasteiger partial charge in [-0.05, 0) is 12.8 Å². The van der Waals surface area contributed by atoms with Gasteiger partial charge in [-0.25, -0.2) is 4.79 Å². The molecule has 2 atom stereocenters. The lowest BCUT2D eigenvalue weighted by Crippen LogP contribution is -2.50. The summed E-state index contributed by atoms with van der Waals surface area (Å²) >= 11 is 0. The van der Waals surface area contributed by atoms with Gasteiger partial charge >= 0.3 is 16.4 Å². The Morgan fingerprint density at radius 3 is 2.80 bits per heavy atom. The Kier molecular flexibility index (Phi) is 4.18. The van der Waals surface area contributed by atoms with Gasteiger partial charge in [0, 0.05) is 13.6 Å². The standard InChI is InChI=1S/C11H15N7O6S/c1-16-5-7(14-15-16)10(19)13-9(12)8-3-2-6-4-17(8)11(20)18(6)24-25(21,22)23/h5-6,8H,2-4H2,1H3,(H2,12,13,19)(H,21,22,23)/t6-,8+/m1/s1. The lowest BCUT2D eigenvalue weighted by atomic mass is 10.00. The first kappa shape index (κ1) is 17.2. The van der Waals surface area contributed by atoms with Gasteiger partial charge < -0.3 is 10.2 Å². The molecule has 0 spiro atoms. The van der Waals surface area contributed by atoms with E-state index in [0.717, 1.165) is 0 Å². The van der Waals surface area contributed by atoms with Gasteiger partial charge in [0.25, 0.3) is 5.91 Å². The molecule has 2 aliphatic rings. The molecule has 136 valence electrons. The van der Waals surface area contributed by atoms with E-state index in [1.165, 1.54) is 15.8 Å². The average molecular weight is 373 g/mol. The molecule has 0 unspecified atom stereocenters. The number of carbonyl (C=O) groups is 2. The first-order chi connectivity index (χ1) is 11.7. The minimum Gasteiger partial charge on any atom is -0.310 e. The van der Waals surface area contributed by atoms with E-state index in [2.05, 4.69) is 19.9 Å². The van der Waals surface area contributed by atoms with Crippen LogP contribution in [0, 0.1) is 5.41 Å². The van der Waals surface area contributed by atoms with Crippen LogP contribution < -0.4 is 5.32 Å². The maximum absolute atomic E-state index is 12.3. The third kappa shape index (κ3) is 3.45. The number of nitrogens with zero attached hydrogens (tertiary/aromatic N) is 5. The number of fused-ring (bicyclic) bond motifs is 2. The van der Waals surface area contributed by atoms with Gasteiger partial charge in [0.15, 0.2) is 5.69 Å². The third-order valence-electron chi connectivity index (χ3n) is 3.91. The predicted molar refractivity (Wildman–Crippen MR) is 79.6 cm³/mol. The van der Waals surface area contributed by atoms with E-state index < -0.39 is 34.4 Å². The minimum absolute atomic E-state index is 0.0185. The van der Waals surface area contributed by atoms with Crippen LogP contribution in [0.1, 0.15) is 23.3 Å². The van der Waals surface area contributed by atoms with Crippen molar-refractivity contribution in [2.45, 2.75) is 24.9 Å². The van der Waals surface area contributed by atoms with Crippen LogP contribution in [0.25, 0.3) is 0 Å². The summed E-state index contributed by atoms with van der Waals surface area (Å²) in [6.45, 7) is 0.114. The lowest BCUT2D eigenvalue weighted by Gasteiger charge is -2.30. The number of aromatic nitrogens is 3. The van der Waals surface area contributed by atoms with E-state index in [1.807, 2.05) is 0 Å². The van der Waals surface area contributed by atoms with Crippen LogP contribution in [0.4, 0.5) is 4.79 Å². The second kappa shape index (κ2) is 6.05. The van der Waals surface area contributed by atoms with Crippen LogP contribution in [-0.2, 0) is 21.7 Å². The number of hydrogen-bond acceptors (Lipinski definition) is 8. The predicted octanol–water partition coefficient (Wildman–Crippen LogP) is -1.47. The number of nitrogens with one attached hydrogen (secondary N) is 2. The van der Waals surface area contributed by atoms with E-state index in [9.17, 15) is 18.0 Å². The summed E-state index contributed by atoms with van der Waals surface area (Å²) in [5, 5.41) is 18.2. The zero-order chi connectivity index (χ0) is 18.4. The summed E-state index contributed by atoms with van der Waals surface area (Å²) in [6.07, 6.45) is 2.04. The average Bonchev–Trinajstić information content (AvgIpc) is 3.05. The highest BCUT2D eigenvalue weighted by Crippen LogP contribution is 2.30. The second-order valence-electron chi connectivity index (χ2n) is 5.66. The van der Waals surface area contributed by atoms with Crippen molar-refractivity contribution in [1.82, 2.24) is 30.3 Å². The molecular formula is C11H15N7O6S. The van der Waals surface area contributed by atoms with Crippen molar-refractivity contribution in [3.05, 3.63) is 11.9 Å². The molecule has 3 amide bonds. The number of aryl methyl sites for hydroxylation is 1. The highest BCUT2D eigenvalue weighted by atomic mass is 32.3. The molecular weight excluding hydrogens is 358 g/mol. The molecule has 1 aromatic heterocycles. The van der Waals surface area contributed by atoms with Gasteiger partial charge in [-0.2, -0.15) is 13.5 Å². The van der Waals surface area contributed by atoms with Gasteiger partial charge in [-0.3, -0.25) is 19.4 Å². The van der Waals surface area contributed by atoms with E-state index in [1.54, 1.807) is 7.05 Å². The molecule has 2 aliphatic heterocycles. The molecule has 2 fully saturated rings. The fourth-order valence-corrected chi connectivity index (χ4v) is 3.24. The number of amides is 3. The zero-order valence-electron chi connectivity index (χ0n) is 13.0. The maximum Gasteiger partial charge on any atom is 0.418 e. The molecule has 3 heterocycles. The zero-order valence-corrected chi connectivity index (χ0v) is 13.8. The van der Waals surface area contributed by atoms with Gasteiger partial charge in [0.05, 0.1) is 18.3 Å². The molecule has 0 radical (unpaired) electrons. The Hall–Kier alpha value is -2.58.